The lowest BCUT2D eigenvalue weighted by atomic mass is 9.80. The highest BCUT2D eigenvalue weighted by atomic mass is 16.4. The summed E-state index contributed by atoms with van der Waals surface area (Å²) >= 11 is 0. The smallest absolute Gasteiger partial charge is 0.328 e. The molecule has 2 aliphatic rings. The second-order valence-corrected chi connectivity index (χ2v) is 9.13. The highest BCUT2D eigenvalue weighted by Crippen LogP contribution is 2.51. The maximum absolute atomic E-state index is 10.7. The van der Waals surface area contributed by atoms with Gasteiger partial charge >= 0.3 is 5.97 Å². The number of allylic oxidation sites excluding steroid dienone is 5. The van der Waals surface area contributed by atoms with E-state index < -0.39 is 5.97 Å². The van der Waals surface area contributed by atoms with Gasteiger partial charge in [-0.05, 0) is 76.8 Å². The molecule has 1 aromatic rings. The quantitative estimate of drug-likeness (QED) is 0.540. The average Bonchev–Trinajstić information content (AvgIpc) is 2.69. The van der Waals surface area contributed by atoms with Crippen LogP contribution in [0, 0.1) is 0 Å². The monoisotopic (exact) mass is 350 g/mol. The number of rotatable bonds is 3. The van der Waals surface area contributed by atoms with Gasteiger partial charge in [0.2, 0.25) is 0 Å². The standard InChI is InChI=1S/C24H30O2/c1-16(12-22(25)26)8-6-9-17-10-7-11-18-13-20-21(14-19(17)18)24(4,5)15-23(20,2)3/h6,8-9,12-14H,7,10-11,15H2,1-5H3,(H,25,26)/b8-6+,16-12-,17-9+. The fraction of sp³-hybridized carbons (Fsp3) is 0.458. The van der Waals surface area contributed by atoms with Gasteiger partial charge in [0.1, 0.15) is 0 Å². The maximum Gasteiger partial charge on any atom is 0.328 e. The second-order valence-electron chi connectivity index (χ2n) is 9.13. The van der Waals surface area contributed by atoms with Crippen LogP contribution in [0.4, 0.5) is 0 Å². The van der Waals surface area contributed by atoms with Crippen LogP contribution in [-0.4, -0.2) is 11.1 Å². The van der Waals surface area contributed by atoms with Crippen LogP contribution in [0.2, 0.25) is 0 Å². The molecule has 1 N–H and O–H groups in total. The molecule has 0 aromatic heterocycles. The van der Waals surface area contributed by atoms with E-state index in [1.54, 1.807) is 0 Å². The Hall–Kier alpha value is -2.09. The van der Waals surface area contributed by atoms with Crippen molar-refractivity contribution in [1.82, 2.24) is 0 Å². The van der Waals surface area contributed by atoms with Gasteiger partial charge in [-0.25, -0.2) is 4.79 Å². The first-order valence-electron chi connectivity index (χ1n) is 9.57. The van der Waals surface area contributed by atoms with E-state index in [1.807, 2.05) is 19.1 Å². The minimum atomic E-state index is -0.900. The van der Waals surface area contributed by atoms with Gasteiger partial charge in [0.25, 0.3) is 0 Å². The second kappa shape index (κ2) is 6.57. The van der Waals surface area contributed by atoms with Crippen molar-refractivity contribution >= 4 is 11.5 Å². The van der Waals surface area contributed by atoms with E-state index in [0.717, 1.165) is 18.4 Å². The number of fused-ring (bicyclic) bond motifs is 2. The zero-order valence-electron chi connectivity index (χ0n) is 16.6. The van der Waals surface area contributed by atoms with Gasteiger partial charge in [0, 0.05) is 6.08 Å². The Bertz CT molecular complexity index is 832. The van der Waals surface area contributed by atoms with Gasteiger partial charge in [-0.15, -0.1) is 0 Å². The van der Waals surface area contributed by atoms with Crippen LogP contribution in [0.25, 0.3) is 5.57 Å². The van der Waals surface area contributed by atoms with E-state index in [4.69, 9.17) is 5.11 Å². The molecule has 0 fully saturated rings. The molecule has 0 bridgehead atoms. The van der Waals surface area contributed by atoms with Crippen LogP contribution in [0.15, 0.2) is 42.0 Å². The summed E-state index contributed by atoms with van der Waals surface area (Å²) in [7, 11) is 0. The summed E-state index contributed by atoms with van der Waals surface area (Å²) in [5, 5.41) is 8.82. The minimum Gasteiger partial charge on any atom is -0.478 e. The molecule has 0 aliphatic heterocycles. The molecule has 0 amide bonds. The summed E-state index contributed by atoms with van der Waals surface area (Å²) in [6, 6.07) is 4.91. The van der Waals surface area contributed by atoms with Gasteiger partial charge in [0.15, 0.2) is 0 Å². The van der Waals surface area contributed by atoms with E-state index in [0.29, 0.717) is 0 Å². The van der Waals surface area contributed by atoms with Crippen molar-refractivity contribution in [2.24, 2.45) is 0 Å². The Kier molecular flexibility index (Phi) is 4.72. The molecule has 3 rings (SSSR count). The van der Waals surface area contributed by atoms with E-state index >= 15 is 0 Å². The molecule has 1 aromatic carbocycles. The van der Waals surface area contributed by atoms with Crippen LogP contribution in [0.5, 0.6) is 0 Å². The summed E-state index contributed by atoms with van der Waals surface area (Å²) in [5.74, 6) is -0.900. The largest absolute Gasteiger partial charge is 0.478 e. The number of benzene rings is 1. The third kappa shape index (κ3) is 3.56. The lowest BCUT2D eigenvalue weighted by molar-refractivity contribution is -0.131. The Balaban J connectivity index is 2.00. The Morgan fingerprint density at radius 1 is 1.08 bits per heavy atom. The molecule has 0 saturated heterocycles. The van der Waals surface area contributed by atoms with Crippen molar-refractivity contribution in [3.63, 3.8) is 0 Å². The number of hydrogen-bond acceptors (Lipinski definition) is 1. The predicted octanol–water partition coefficient (Wildman–Crippen LogP) is 5.95. The molecule has 2 nitrogen and oxygen atoms in total. The third-order valence-electron chi connectivity index (χ3n) is 5.83. The molecule has 2 heteroatoms. The number of hydrogen-bond donors (Lipinski definition) is 1. The molecule has 138 valence electrons. The van der Waals surface area contributed by atoms with E-state index in [2.05, 4.69) is 45.9 Å². The van der Waals surface area contributed by atoms with Gasteiger partial charge in [0.05, 0.1) is 0 Å². The first-order valence-corrected chi connectivity index (χ1v) is 9.57. The molecule has 2 aliphatic carbocycles. The Morgan fingerprint density at radius 3 is 2.38 bits per heavy atom. The van der Waals surface area contributed by atoms with Gasteiger partial charge in [-0.1, -0.05) is 58.1 Å². The van der Waals surface area contributed by atoms with Crippen LogP contribution >= 0.6 is 0 Å². The number of carboxylic acid groups (broad SMARTS) is 1. The molecule has 0 spiro atoms. The fourth-order valence-electron chi connectivity index (χ4n) is 4.90. The van der Waals surface area contributed by atoms with Crippen LogP contribution in [-0.2, 0) is 22.0 Å². The lowest BCUT2D eigenvalue weighted by Gasteiger charge is -2.25. The first-order chi connectivity index (χ1) is 12.1. The van der Waals surface area contributed by atoms with Gasteiger partial charge in [-0.3, -0.25) is 0 Å². The molecule has 0 saturated carbocycles. The van der Waals surface area contributed by atoms with Crippen LogP contribution < -0.4 is 0 Å². The van der Waals surface area contributed by atoms with Crippen LogP contribution in [0.1, 0.15) is 76.1 Å². The van der Waals surface area contributed by atoms with Crippen LogP contribution in [0.3, 0.4) is 0 Å². The van der Waals surface area contributed by atoms with Gasteiger partial charge < -0.3 is 5.11 Å². The fourth-order valence-corrected chi connectivity index (χ4v) is 4.90. The topological polar surface area (TPSA) is 37.3 Å². The highest BCUT2D eigenvalue weighted by Gasteiger charge is 2.42. The molecule has 26 heavy (non-hydrogen) atoms. The van der Waals surface area contributed by atoms with Crippen molar-refractivity contribution in [2.45, 2.75) is 71.1 Å². The highest BCUT2D eigenvalue weighted by molar-refractivity contribution is 5.81. The Labute approximate surface area is 157 Å². The number of aliphatic carboxylic acids is 1. The van der Waals surface area contributed by atoms with Crippen molar-refractivity contribution < 1.29 is 9.90 Å². The maximum atomic E-state index is 10.7. The molecular formula is C24H30O2. The van der Waals surface area contributed by atoms with E-state index in [1.165, 1.54) is 46.7 Å². The van der Waals surface area contributed by atoms with Crippen molar-refractivity contribution in [2.75, 3.05) is 0 Å². The number of aryl methyl sites for hydroxylation is 1. The van der Waals surface area contributed by atoms with Crippen molar-refractivity contribution in [1.29, 1.82) is 0 Å². The summed E-state index contributed by atoms with van der Waals surface area (Å²) in [6.07, 6.45) is 11.9. The first kappa shape index (κ1) is 18.7. The van der Waals surface area contributed by atoms with Gasteiger partial charge in [-0.2, -0.15) is 0 Å². The van der Waals surface area contributed by atoms with E-state index in [9.17, 15) is 4.79 Å². The van der Waals surface area contributed by atoms with Crippen molar-refractivity contribution in [3.05, 3.63) is 64.3 Å². The zero-order chi connectivity index (χ0) is 19.1. The molecular weight excluding hydrogens is 320 g/mol. The summed E-state index contributed by atoms with van der Waals surface area (Å²) in [4.78, 5) is 10.7. The normalized spacial score (nSPS) is 22.5. The molecule has 0 unspecified atom stereocenters. The molecule has 0 heterocycles. The summed E-state index contributed by atoms with van der Waals surface area (Å²) < 4.78 is 0. The van der Waals surface area contributed by atoms with E-state index in [-0.39, 0.29) is 10.8 Å². The number of carboxylic acids is 1. The van der Waals surface area contributed by atoms with Crippen molar-refractivity contribution in [3.8, 4) is 0 Å². The zero-order valence-corrected chi connectivity index (χ0v) is 16.6. The third-order valence-corrected chi connectivity index (χ3v) is 5.83. The lowest BCUT2D eigenvalue weighted by Crippen LogP contribution is -2.18. The Morgan fingerprint density at radius 2 is 1.73 bits per heavy atom. The molecule has 0 atom stereocenters. The number of carbonyl (C=O) groups is 1. The molecule has 0 radical (unpaired) electrons. The summed E-state index contributed by atoms with van der Waals surface area (Å²) in [6.45, 7) is 11.3. The SMILES string of the molecule is CC(=C/C(=O)O)/C=C/C=C1\CCCc2cc3c(cc21)C(C)(C)CC3(C)C. The average molecular weight is 351 g/mol. The predicted molar refractivity (Wildman–Crippen MR) is 109 cm³/mol. The minimum absolute atomic E-state index is 0.215. The summed E-state index contributed by atoms with van der Waals surface area (Å²) in [5.41, 5.74) is 8.47.